The Morgan fingerprint density at radius 3 is 2.65 bits per heavy atom. The van der Waals surface area contributed by atoms with Gasteiger partial charge < -0.3 is 5.32 Å². The first kappa shape index (κ1) is 12.2. The Morgan fingerprint density at radius 1 is 1.24 bits per heavy atom. The van der Waals surface area contributed by atoms with E-state index in [0.29, 0.717) is 12.5 Å². The van der Waals surface area contributed by atoms with Crippen LogP contribution in [0.15, 0.2) is 24.3 Å². The molecule has 92 valence electrons. The SMILES string of the molecule is CCNC(=O)c1ccccc1C1CCCCC1. The van der Waals surface area contributed by atoms with Crippen LogP contribution in [0.25, 0.3) is 0 Å². The molecule has 1 aliphatic carbocycles. The van der Waals surface area contributed by atoms with Gasteiger partial charge in [-0.05, 0) is 37.3 Å². The minimum atomic E-state index is 0.0775. The summed E-state index contributed by atoms with van der Waals surface area (Å²) in [6.07, 6.45) is 6.41. The molecule has 1 aliphatic rings. The van der Waals surface area contributed by atoms with E-state index in [1.54, 1.807) is 0 Å². The number of hydrogen-bond donors (Lipinski definition) is 1. The number of benzene rings is 1. The maximum Gasteiger partial charge on any atom is 0.251 e. The van der Waals surface area contributed by atoms with Crippen molar-refractivity contribution in [1.82, 2.24) is 5.32 Å². The van der Waals surface area contributed by atoms with Crippen molar-refractivity contribution < 1.29 is 4.79 Å². The van der Waals surface area contributed by atoms with E-state index in [0.717, 1.165) is 5.56 Å². The summed E-state index contributed by atoms with van der Waals surface area (Å²) < 4.78 is 0. The summed E-state index contributed by atoms with van der Waals surface area (Å²) in [4.78, 5) is 12.0. The molecule has 0 atom stereocenters. The van der Waals surface area contributed by atoms with E-state index in [2.05, 4.69) is 11.4 Å². The van der Waals surface area contributed by atoms with Gasteiger partial charge in [-0.15, -0.1) is 0 Å². The zero-order valence-electron chi connectivity index (χ0n) is 10.5. The van der Waals surface area contributed by atoms with Crippen LogP contribution in [0, 0.1) is 0 Å². The van der Waals surface area contributed by atoms with Crippen LogP contribution in [-0.4, -0.2) is 12.5 Å². The Hall–Kier alpha value is -1.31. The van der Waals surface area contributed by atoms with Gasteiger partial charge in [0.05, 0.1) is 0 Å². The molecule has 0 saturated heterocycles. The largest absolute Gasteiger partial charge is 0.352 e. The van der Waals surface area contributed by atoms with E-state index >= 15 is 0 Å². The zero-order chi connectivity index (χ0) is 12.1. The molecule has 0 aromatic heterocycles. The Labute approximate surface area is 103 Å². The van der Waals surface area contributed by atoms with Crippen molar-refractivity contribution in [3.05, 3.63) is 35.4 Å². The summed E-state index contributed by atoms with van der Waals surface area (Å²) in [5.41, 5.74) is 2.12. The molecule has 0 heterocycles. The molecule has 1 fully saturated rings. The predicted octanol–water partition coefficient (Wildman–Crippen LogP) is 3.48. The average Bonchev–Trinajstić information content (AvgIpc) is 2.40. The molecular weight excluding hydrogens is 210 g/mol. The van der Waals surface area contributed by atoms with Crippen molar-refractivity contribution in [2.45, 2.75) is 44.9 Å². The van der Waals surface area contributed by atoms with Crippen molar-refractivity contribution in [2.24, 2.45) is 0 Å². The number of nitrogens with one attached hydrogen (secondary N) is 1. The van der Waals surface area contributed by atoms with Crippen LogP contribution in [0.2, 0.25) is 0 Å². The summed E-state index contributed by atoms with van der Waals surface area (Å²) in [6, 6.07) is 8.08. The molecule has 1 amide bonds. The Kier molecular flexibility index (Phi) is 4.18. The molecule has 0 aliphatic heterocycles. The maximum absolute atomic E-state index is 12.0. The van der Waals surface area contributed by atoms with Gasteiger partial charge in [0.1, 0.15) is 0 Å². The molecule has 1 aromatic carbocycles. The summed E-state index contributed by atoms with van der Waals surface area (Å²) in [5.74, 6) is 0.663. The molecule has 2 nitrogen and oxygen atoms in total. The van der Waals surface area contributed by atoms with Crippen molar-refractivity contribution in [3.63, 3.8) is 0 Å². The average molecular weight is 231 g/mol. The fourth-order valence-corrected chi connectivity index (χ4v) is 2.73. The van der Waals surface area contributed by atoms with Gasteiger partial charge in [-0.1, -0.05) is 37.5 Å². The molecule has 0 bridgehead atoms. The summed E-state index contributed by atoms with van der Waals surface area (Å²) in [5, 5.41) is 2.90. The van der Waals surface area contributed by atoms with Gasteiger partial charge in [0.2, 0.25) is 0 Å². The van der Waals surface area contributed by atoms with Crippen LogP contribution in [0.4, 0.5) is 0 Å². The van der Waals surface area contributed by atoms with Gasteiger partial charge in [-0.2, -0.15) is 0 Å². The predicted molar refractivity (Wildman–Crippen MR) is 70.3 cm³/mol. The number of rotatable bonds is 3. The van der Waals surface area contributed by atoms with Gasteiger partial charge in [0.15, 0.2) is 0 Å². The molecular formula is C15H21NO. The Balaban J connectivity index is 2.23. The number of hydrogen-bond acceptors (Lipinski definition) is 1. The smallest absolute Gasteiger partial charge is 0.251 e. The molecule has 0 unspecified atom stereocenters. The highest BCUT2D eigenvalue weighted by atomic mass is 16.1. The highest BCUT2D eigenvalue weighted by molar-refractivity contribution is 5.95. The van der Waals surface area contributed by atoms with Crippen LogP contribution in [0.1, 0.15) is 60.9 Å². The van der Waals surface area contributed by atoms with Crippen molar-refractivity contribution in [1.29, 1.82) is 0 Å². The highest BCUT2D eigenvalue weighted by Crippen LogP contribution is 2.34. The van der Waals surface area contributed by atoms with E-state index in [1.807, 2.05) is 25.1 Å². The third-order valence-corrected chi connectivity index (χ3v) is 3.59. The van der Waals surface area contributed by atoms with Gasteiger partial charge in [0.25, 0.3) is 5.91 Å². The van der Waals surface area contributed by atoms with E-state index in [-0.39, 0.29) is 5.91 Å². The zero-order valence-corrected chi connectivity index (χ0v) is 10.5. The molecule has 1 saturated carbocycles. The van der Waals surface area contributed by atoms with Crippen LogP contribution in [0.3, 0.4) is 0 Å². The van der Waals surface area contributed by atoms with Gasteiger partial charge >= 0.3 is 0 Å². The lowest BCUT2D eigenvalue weighted by Crippen LogP contribution is -2.24. The molecule has 0 radical (unpaired) electrons. The maximum atomic E-state index is 12.0. The lowest BCUT2D eigenvalue weighted by molar-refractivity contribution is 0.0954. The van der Waals surface area contributed by atoms with Crippen LogP contribution >= 0.6 is 0 Å². The molecule has 2 rings (SSSR count). The monoisotopic (exact) mass is 231 g/mol. The Morgan fingerprint density at radius 2 is 1.94 bits per heavy atom. The van der Waals surface area contributed by atoms with E-state index in [4.69, 9.17) is 0 Å². The third-order valence-electron chi connectivity index (χ3n) is 3.59. The molecule has 1 aromatic rings. The quantitative estimate of drug-likeness (QED) is 0.847. The van der Waals surface area contributed by atoms with E-state index in [9.17, 15) is 4.79 Å². The van der Waals surface area contributed by atoms with Crippen LogP contribution in [-0.2, 0) is 0 Å². The summed E-state index contributed by atoms with van der Waals surface area (Å²) >= 11 is 0. The van der Waals surface area contributed by atoms with Crippen LogP contribution in [0.5, 0.6) is 0 Å². The third kappa shape index (κ3) is 2.87. The number of carbonyl (C=O) groups is 1. The highest BCUT2D eigenvalue weighted by Gasteiger charge is 2.20. The summed E-state index contributed by atoms with van der Waals surface area (Å²) in [6.45, 7) is 2.65. The molecule has 1 N–H and O–H groups in total. The van der Waals surface area contributed by atoms with Crippen LogP contribution < -0.4 is 5.32 Å². The first-order chi connectivity index (χ1) is 8.33. The van der Waals surface area contributed by atoms with Crippen molar-refractivity contribution in [2.75, 3.05) is 6.54 Å². The van der Waals surface area contributed by atoms with Crippen molar-refractivity contribution in [3.8, 4) is 0 Å². The minimum absolute atomic E-state index is 0.0775. The number of carbonyl (C=O) groups excluding carboxylic acids is 1. The molecule has 2 heteroatoms. The fraction of sp³-hybridized carbons (Fsp3) is 0.533. The topological polar surface area (TPSA) is 29.1 Å². The summed E-state index contributed by atoms with van der Waals surface area (Å²) in [7, 11) is 0. The second-order valence-corrected chi connectivity index (χ2v) is 4.78. The van der Waals surface area contributed by atoms with E-state index in [1.165, 1.54) is 37.7 Å². The lowest BCUT2D eigenvalue weighted by atomic mass is 9.82. The van der Waals surface area contributed by atoms with Crippen molar-refractivity contribution >= 4 is 5.91 Å². The fourth-order valence-electron chi connectivity index (χ4n) is 2.73. The first-order valence-electron chi connectivity index (χ1n) is 6.70. The molecule has 0 spiro atoms. The second kappa shape index (κ2) is 5.85. The first-order valence-corrected chi connectivity index (χ1v) is 6.70. The second-order valence-electron chi connectivity index (χ2n) is 4.78. The molecule has 17 heavy (non-hydrogen) atoms. The standard InChI is InChI=1S/C15H21NO/c1-2-16-15(17)14-11-7-6-10-13(14)12-8-4-3-5-9-12/h6-7,10-12H,2-5,8-9H2,1H3,(H,16,17). The van der Waals surface area contributed by atoms with Gasteiger partial charge in [0, 0.05) is 12.1 Å². The lowest BCUT2D eigenvalue weighted by Gasteiger charge is -2.23. The van der Waals surface area contributed by atoms with E-state index < -0.39 is 0 Å². The Bertz CT molecular complexity index is 380. The van der Waals surface area contributed by atoms with Gasteiger partial charge in [-0.3, -0.25) is 4.79 Å². The minimum Gasteiger partial charge on any atom is -0.352 e. The number of amides is 1. The van der Waals surface area contributed by atoms with Gasteiger partial charge in [-0.25, -0.2) is 0 Å². The normalized spacial score (nSPS) is 16.8.